The van der Waals surface area contributed by atoms with Gasteiger partial charge in [-0.3, -0.25) is 0 Å². The first kappa shape index (κ1) is 15.3. The Labute approximate surface area is 123 Å². The summed E-state index contributed by atoms with van der Waals surface area (Å²) in [5.74, 6) is 0. The van der Waals surface area contributed by atoms with Crippen molar-refractivity contribution in [3.05, 3.63) is 29.8 Å². The molecule has 1 atom stereocenters. The highest BCUT2D eigenvalue weighted by Crippen LogP contribution is 2.21. The number of aliphatic hydroxyl groups is 1. The molecule has 0 saturated carbocycles. The van der Waals surface area contributed by atoms with Crippen LogP contribution in [0.2, 0.25) is 0 Å². The van der Waals surface area contributed by atoms with Crippen molar-refractivity contribution in [1.29, 1.82) is 0 Å². The van der Waals surface area contributed by atoms with Crippen molar-refractivity contribution in [2.45, 2.75) is 10.9 Å². The predicted molar refractivity (Wildman–Crippen MR) is 77.9 cm³/mol. The average molecular weight is 316 g/mol. The highest BCUT2D eigenvalue weighted by molar-refractivity contribution is 7.89. The van der Waals surface area contributed by atoms with Crippen molar-refractivity contribution in [3.63, 3.8) is 0 Å². The largest absolute Gasteiger partial charge is 0.395 e. The van der Waals surface area contributed by atoms with E-state index < -0.39 is 16.1 Å². The number of nitrogens with two attached hydrogens (primary N) is 1. The molecule has 0 aliphatic carbocycles. The molecule has 110 valence electrons. The Hall–Kier alpha value is -1.06. The summed E-state index contributed by atoms with van der Waals surface area (Å²) >= 11 is 4.83. The molecule has 0 spiro atoms. The summed E-state index contributed by atoms with van der Waals surface area (Å²) in [5, 5.41) is 9.27. The number of aliphatic hydroxyl groups excluding tert-OH is 1. The molecule has 1 unspecified atom stereocenters. The Morgan fingerprint density at radius 1 is 1.45 bits per heavy atom. The molecular weight excluding hydrogens is 300 g/mol. The number of rotatable bonds is 4. The molecule has 2 rings (SSSR count). The van der Waals surface area contributed by atoms with Crippen molar-refractivity contribution >= 4 is 27.2 Å². The quantitative estimate of drug-likeness (QED) is 0.741. The van der Waals surface area contributed by atoms with Crippen LogP contribution in [0.5, 0.6) is 0 Å². The topological polar surface area (TPSA) is 92.9 Å². The molecule has 0 radical (unpaired) electrons. The van der Waals surface area contributed by atoms with E-state index in [9.17, 15) is 13.5 Å². The number of benzene rings is 1. The monoisotopic (exact) mass is 316 g/mol. The lowest BCUT2D eigenvalue weighted by Crippen LogP contribution is -2.50. The smallest absolute Gasteiger partial charge is 0.243 e. The molecule has 1 aliphatic heterocycles. The molecule has 8 heteroatoms. The van der Waals surface area contributed by atoms with Crippen LogP contribution < -0.4 is 5.73 Å². The van der Waals surface area contributed by atoms with Gasteiger partial charge in [-0.2, -0.15) is 4.31 Å². The van der Waals surface area contributed by atoms with E-state index in [0.29, 0.717) is 12.2 Å². The summed E-state index contributed by atoms with van der Waals surface area (Å²) in [4.78, 5) is 0.367. The Balaban J connectivity index is 2.31. The lowest BCUT2D eigenvalue weighted by molar-refractivity contribution is 0.0109. The van der Waals surface area contributed by atoms with Gasteiger partial charge in [-0.15, -0.1) is 0 Å². The van der Waals surface area contributed by atoms with E-state index in [4.69, 9.17) is 22.7 Å². The maximum absolute atomic E-state index is 12.5. The van der Waals surface area contributed by atoms with Gasteiger partial charge in [0.05, 0.1) is 30.8 Å². The third-order valence-electron chi connectivity index (χ3n) is 3.13. The minimum atomic E-state index is -3.66. The summed E-state index contributed by atoms with van der Waals surface area (Å²) in [6.45, 7) is 0.468. The van der Waals surface area contributed by atoms with Gasteiger partial charge in [0.2, 0.25) is 10.0 Å². The van der Waals surface area contributed by atoms with Gasteiger partial charge in [-0.25, -0.2) is 8.42 Å². The zero-order chi connectivity index (χ0) is 14.8. The first-order valence-corrected chi connectivity index (χ1v) is 7.92. The van der Waals surface area contributed by atoms with Crippen LogP contribution in [-0.4, -0.2) is 55.2 Å². The zero-order valence-electron chi connectivity index (χ0n) is 10.7. The van der Waals surface area contributed by atoms with E-state index in [1.807, 2.05) is 0 Å². The predicted octanol–water partition coefficient (Wildman–Crippen LogP) is -0.297. The second-order valence-corrected chi connectivity index (χ2v) is 6.75. The van der Waals surface area contributed by atoms with Crippen LogP contribution >= 0.6 is 12.2 Å². The van der Waals surface area contributed by atoms with Gasteiger partial charge in [0.25, 0.3) is 0 Å². The molecule has 3 N–H and O–H groups in total. The number of thiocarbonyl (C=S) groups is 1. The number of nitrogens with zero attached hydrogens (tertiary/aromatic N) is 1. The van der Waals surface area contributed by atoms with E-state index >= 15 is 0 Å². The molecule has 0 amide bonds. The van der Waals surface area contributed by atoms with Gasteiger partial charge in [-0.05, 0) is 12.1 Å². The Morgan fingerprint density at radius 3 is 2.65 bits per heavy atom. The van der Waals surface area contributed by atoms with Gasteiger partial charge in [0.15, 0.2) is 0 Å². The molecule has 1 fully saturated rings. The highest BCUT2D eigenvalue weighted by atomic mass is 32.2. The van der Waals surface area contributed by atoms with Crippen molar-refractivity contribution in [2.24, 2.45) is 5.73 Å². The minimum Gasteiger partial charge on any atom is -0.395 e. The van der Waals surface area contributed by atoms with Crippen LogP contribution in [-0.2, 0) is 14.8 Å². The van der Waals surface area contributed by atoms with Crippen LogP contribution in [0, 0.1) is 0 Å². The Bertz CT molecular complexity index is 586. The first-order valence-electron chi connectivity index (χ1n) is 6.07. The molecule has 0 bridgehead atoms. The Morgan fingerprint density at radius 2 is 2.10 bits per heavy atom. The van der Waals surface area contributed by atoms with Gasteiger partial charge >= 0.3 is 0 Å². The van der Waals surface area contributed by atoms with E-state index in [2.05, 4.69) is 0 Å². The maximum atomic E-state index is 12.5. The average Bonchev–Trinajstić information content (AvgIpc) is 2.47. The van der Waals surface area contributed by atoms with E-state index in [1.54, 1.807) is 12.1 Å². The van der Waals surface area contributed by atoms with Gasteiger partial charge in [0, 0.05) is 12.1 Å². The molecular formula is C12H16N2O4S2. The highest BCUT2D eigenvalue weighted by Gasteiger charge is 2.33. The fourth-order valence-electron chi connectivity index (χ4n) is 2.03. The fourth-order valence-corrected chi connectivity index (χ4v) is 3.75. The molecule has 1 aromatic rings. The van der Waals surface area contributed by atoms with Crippen molar-refractivity contribution in [2.75, 3.05) is 26.4 Å². The van der Waals surface area contributed by atoms with Crippen LogP contribution in [0.3, 0.4) is 0 Å². The first-order chi connectivity index (χ1) is 9.46. The minimum absolute atomic E-state index is 0.151. The van der Waals surface area contributed by atoms with Gasteiger partial charge < -0.3 is 15.6 Å². The third kappa shape index (κ3) is 2.99. The summed E-state index contributed by atoms with van der Waals surface area (Å²) in [7, 11) is -3.66. The summed E-state index contributed by atoms with van der Waals surface area (Å²) in [5.41, 5.74) is 6.09. The normalized spacial score (nSPS) is 20.8. The summed E-state index contributed by atoms with van der Waals surface area (Å²) in [6.07, 6.45) is 0. The molecule has 1 heterocycles. The fraction of sp³-hybridized carbons (Fsp3) is 0.417. The number of morpholine rings is 1. The molecule has 1 aliphatic rings. The lowest BCUT2D eigenvalue weighted by atomic mass is 10.2. The second-order valence-electron chi connectivity index (χ2n) is 4.42. The molecule has 0 aromatic heterocycles. The molecule has 1 aromatic carbocycles. The third-order valence-corrected chi connectivity index (χ3v) is 5.33. The summed E-state index contributed by atoms with van der Waals surface area (Å²) in [6, 6.07) is 5.53. The molecule has 6 nitrogen and oxygen atoms in total. The zero-order valence-corrected chi connectivity index (χ0v) is 12.4. The van der Waals surface area contributed by atoms with E-state index in [1.165, 1.54) is 16.4 Å². The van der Waals surface area contributed by atoms with Crippen LogP contribution in [0.4, 0.5) is 0 Å². The SMILES string of the molecule is NC(=S)c1ccc(S(=O)(=O)N2CCOCC2CO)cc1. The number of ether oxygens (including phenoxy) is 1. The standard InChI is InChI=1S/C12H16N2O4S2/c13-12(19)9-1-3-11(4-2-9)20(16,17)14-5-6-18-8-10(14)7-15/h1-4,10,15H,5-8H2,(H2,13,19). The van der Waals surface area contributed by atoms with Crippen LogP contribution in [0.25, 0.3) is 0 Å². The summed E-state index contributed by atoms with van der Waals surface area (Å²) < 4.78 is 31.5. The van der Waals surface area contributed by atoms with Crippen molar-refractivity contribution < 1.29 is 18.3 Å². The van der Waals surface area contributed by atoms with Crippen molar-refractivity contribution in [3.8, 4) is 0 Å². The van der Waals surface area contributed by atoms with Gasteiger partial charge in [0.1, 0.15) is 4.99 Å². The van der Waals surface area contributed by atoms with Crippen molar-refractivity contribution in [1.82, 2.24) is 4.31 Å². The molecule has 1 saturated heterocycles. The lowest BCUT2D eigenvalue weighted by Gasteiger charge is -2.33. The van der Waals surface area contributed by atoms with Crippen LogP contribution in [0.1, 0.15) is 5.56 Å². The molecule has 20 heavy (non-hydrogen) atoms. The van der Waals surface area contributed by atoms with E-state index in [0.717, 1.165) is 0 Å². The second kappa shape index (κ2) is 6.15. The van der Waals surface area contributed by atoms with Gasteiger partial charge in [-0.1, -0.05) is 24.4 Å². The van der Waals surface area contributed by atoms with Crippen LogP contribution in [0.15, 0.2) is 29.2 Å². The number of hydrogen-bond acceptors (Lipinski definition) is 5. The Kier molecular flexibility index (Phi) is 4.71. The van der Waals surface area contributed by atoms with E-state index in [-0.39, 0.29) is 29.6 Å². The number of hydrogen-bond donors (Lipinski definition) is 2. The number of sulfonamides is 1. The maximum Gasteiger partial charge on any atom is 0.243 e.